The molecule has 1 aromatic carbocycles. The number of halogens is 4. The Kier molecular flexibility index (Phi) is 3.28. The van der Waals surface area contributed by atoms with E-state index in [0.717, 1.165) is 0 Å². The van der Waals surface area contributed by atoms with Crippen LogP contribution in [0.15, 0.2) is 30.3 Å². The van der Waals surface area contributed by atoms with Crippen molar-refractivity contribution in [3.63, 3.8) is 0 Å². The summed E-state index contributed by atoms with van der Waals surface area (Å²) in [6.45, 7) is 0. The zero-order valence-electron chi connectivity index (χ0n) is 7.38. The van der Waals surface area contributed by atoms with E-state index in [4.69, 9.17) is 0 Å². The van der Waals surface area contributed by atoms with Crippen molar-refractivity contribution in [2.75, 3.05) is 5.32 Å². The summed E-state index contributed by atoms with van der Waals surface area (Å²) in [5.41, 5.74) is 0.0443. The number of hydrogen-bond donors (Lipinski definition) is 1. The zero-order chi connectivity index (χ0) is 11.5. The highest BCUT2D eigenvalue weighted by Gasteiger charge is 2.48. The van der Waals surface area contributed by atoms with E-state index in [1.165, 1.54) is 24.3 Å². The second-order valence-electron chi connectivity index (χ2n) is 2.74. The molecule has 0 aliphatic carbocycles. The molecule has 0 bridgehead atoms. The summed E-state index contributed by atoms with van der Waals surface area (Å²) < 4.78 is 48.4. The fourth-order valence-corrected chi connectivity index (χ4v) is 0.835. The van der Waals surface area contributed by atoms with Crippen LogP contribution in [0.3, 0.4) is 0 Å². The topological polar surface area (TPSA) is 29.1 Å². The van der Waals surface area contributed by atoms with Crippen molar-refractivity contribution in [1.82, 2.24) is 0 Å². The van der Waals surface area contributed by atoms with E-state index in [-0.39, 0.29) is 5.69 Å². The number of amides is 1. The lowest BCUT2D eigenvalue weighted by molar-refractivity contribution is -0.163. The summed E-state index contributed by atoms with van der Waals surface area (Å²) >= 11 is 0. The highest BCUT2D eigenvalue weighted by molar-refractivity contribution is 5.96. The first kappa shape index (κ1) is 11.5. The average molecular weight is 221 g/mol. The Labute approximate surface area is 82.9 Å². The average Bonchev–Trinajstić information content (AvgIpc) is 2.18. The summed E-state index contributed by atoms with van der Waals surface area (Å²) in [7, 11) is 0. The quantitative estimate of drug-likeness (QED) is 0.780. The van der Waals surface area contributed by atoms with Gasteiger partial charge >= 0.3 is 18.3 Å². The summed E-state index contributed by atoms with van der Waals surface area (Å²) in [5, 5.41) is 1.69. The van der Waals surface area contributed by atoms with Crippen LogP contribution in [-0.2, 0) is 4.79 Å². The maximum atomic E-state index is 12.5. The minimum Gasteiger partial charge on any atom is -0.321 e. The molecule has 82 valence electrons. The third-order valence-electron chi connectivity index (χ3n) is 1.61. The van der Waals surface area contributed by atoms with Crippen molar-refractivity contribution in [2.24, 2.45) is 0 Å². The monoisotopic (exact) mass is 221 g/mol. The van der Waals surface area contributed by atoms with Gasteiger partial charge in [-0.2, -0.15) is 8.78 Å². The fraction of sp³-hybridized carbons (Fsp3) is 0.222. The van der Waals surface area contributed by atoms with E-state index < -0.39 is 18.3 Å². The molecule has 0 aromatic heterocycles. The van der Waals surface area contributed by atoms with Crippen LogP contribution in [0.1, 0.15) is 0 Å². The molecule has 15 heavy (non-hydrogen) atoms. The van der Waals surface area contributed by atoms with Gasteiger partial charge in [0.05, 0.1) is 0 Å². The van der Waals surface area contributed by atoms with E-state index in [2.05, 4.69) is 0 Å². The molecule has 0 saturated heterocycles. The number of benzene rings is 1. The van der Waals surface area contributed by atoms with Crippen LogP contribution in [0.5, 0.6) is 0 Å². The van der Waals surface area contributed by atoms with Crippen LogP contribution in [0.2, 0.25) is 0 Å². The molecule has 1 aromatic rings. The molecule has 6 heteroatoms. The first-order valence-corrected chi connectivity index (χ1v) is 3.97. The zero-order valence-corrected chi connectivity index (χ0v) is 7.38. The highest BCUT2D eigenvalue weighted by atomic mass is 19.3. The number of nitrogens with one attached hydrogen (secondary N) is 1. The van der Waals surface area contributed by atoms with Gasteiger partial charge in [-0.05, 0) is 12.1 Å². The summed E-state index contributed by atoms with van der Waals surface area (Å²) in [6, 6.07) is 7.20. The molecule has 0 saturated carbocycles. The van der Waals surface area contributed by atoms with E-state index in [1.807, 2.05) is 0 Å². The Balaban J connectivity index is 2.72. The molecule has 1 rings (SSSR count). The van der Waals surface area contributed by atoms with Crippen molar-refractivity contribution >= 4 is 11.6 Å². The second-order valence-corrected chi connectivity index (χ2v) is 2.74. The first-order valence-electron chi connectivity index (χ1n) is 3.97. The van der Waals surface area contributed by atoms with Gasteiger partial charge in [-0.1, -0.05) is 18.2 Å². The Bertz CT molecular complexity index is 339. The maximum Gasteiger partial charge on any atom is 0.383 e. The van der Waals surface area contributed by atoms with Crippen LogP contribution >= 0.6 is 0 Å². The van der Waals surface area contributed by atoms with Gasteiger partial charge in [0, 0.05) is 5.69 Å². The lowest BCUT2D eigenvalue weighted by Crippen LogP contribution is -2.40. The maximum absolute atomic E-state index is 12.5. The van der Waals surface area contributed by atoms with Gasteiger partial charge in [0.25, 0.3) is 0 Å². The van der Waals surface area contributed by atoms with Crippen molar-refractivity contribution in [1.29, 1.82) is 0 Å². The van der Waals surface area contributed by atoms with Crippen molar-refractivity contribution in [2.45, 2.75) is 12.3 Å². The molecular formula is C9H7F4NO. The third kappa shape index (κ3) is 2.68. The van der Waals surface area contributed by atoms with Crippen LogP contribution in [0.25, 0.3) is 0 Å². The van der Waals surface area contributed by atoms with Crippen LogP contribution in [0, 0.1) is 0 Å². The van der Waals surface area contributed by atoms with E-state index in [1.54, 1.807) is 11.4 Å². The molecule has 0 radical (unpaired) electrons. The lowest BCUT2D eigenvalue weighted by atomic mass is 10.3. The number of para-hydroxylation sites is 1. The molecule has 1 amide bonds. The summed E-state index contributed by atoms with van der Waals surface area (Å²) in [6.07, 6.45) is -4.01. The van der Waals surface area contributed by atoms with Crippen LogP contribution in [-0.4, -0.2) is 18.3 Å². The van der Waals surface area contributed by atoms with E-state index in [0.29, 0.717) is 0 Å². The van der Waals surface area contributed by atoms with Gasteiger partial charge in [-0.15, -0.1) is 0 Å². The van der Waals surface area contributed by atoms with Gasteiger partial charge in [0.2, 0.25) is 0 Å². The normalized spacial score (nSPS) is 11.5. The van der Waals surface area contributed by atoms with Crippen molar-refractivity contribution < 1.29 is 22.4 Å². The van der Waals surface area contributed by atoms with Gasteiger partial charge in [-0.25, -0.2) is 8.78 Å². The summed E-state index contributed by atoms with van der Waals surface area (Å²) in [4.78, 5) is 10.7. The number of alkyl halides is 4. The van der Waals surface area contributed by atoms with E-state index >= 15 is 0 Å². The minimum atomic E-state index is -4.67. The van der Waals surface area contributed by atoms with E-state index in [9.17, 15) is 22.4 Å². The van der Waals surface area contributed by atoms with Crippen molar-refractivity contribution in [3.8, 4) is 0 Å². The number of hydrogen-bond acceptors (Lipinski definition) is 1. The number of rotatable bonds is 3. The Morgan fingerprint density at radius 1 is 1.20 bits per heavy atom. The Hall–Kier alpha value is -1.59. The standard InChI is InChI=1S/C9H7F4NO/c10-7(11)9(12,13)8(15)14-6-4-2-1-3-5-6/h1-5,7H,(H,14,15). The van der Waals surface area contributed by atoms with Crippen LogP contribution in [0.4, 0.5) is 23.2 Å². The predicted octanol–water partition coefficient (Wildman–Crippen LogP) is 2.53. The number of carbonyl (C=O) groups excluding carboxylic acids is 1. The molecule has 0 atom stereocenters. The Morgan fingerprint density at radius 3 is 2.20 bits per heavy atom. The molecular weight excluding hydrogens is 214 g/mol. The highest BCUT2D eigenvalue weighted by Crippen LogP contribution is 2.24. The number of carbonyl (C=O) groups is 1. The molecule has 0 aliphatic rings. The number of anilines is 1. The third-order valence-corrected chi connectivity index (χ3v) is 1.61. The summed E-state index contributed by atoms with van der Waals surface area (Å²) in [5.74, 6) is -6.68. The van der Waals surface area contributed by atoms with Gasteiger partial charge in [0.15, 0.2) is 0 Å². The van der Waals surface area contributed by atoms with Crippen LogP contribution < -0.4 is 5.32 Å². The largest absolute Gasteiger partial charge is 0.383 e. The smallest absolute Gasteiger partial charge is 0.321 e. The molecule has 0 fully saturated rings. The molecule has 1 N–H and O–H groups in total. The minimum absolute atomic E-state index is 0.0443. The molecule has 0 unspecified atom stereocenters. The van der Waals surface area contributed by atoms with Crippen molar-refractivity contribution in [3.05, 3.63) is 30.3 Å². The second kappa shape index (κ2) is 4.29. The fourth-order valence-electron chi connectivity index (χ4n) is 0.835. The van der Waals surface area contributed by atoms with Gasteiger partial charge < -0.3 is 5.32 Å². The molecule has 2 nitrogen and oxygen atoms in total. The predicted molar refractivity (Wildman–Crippen MR) is 46.0 cm³/mol. The van der Waals surface area contributed by atoms with Gasteiger partial charge in [-0.3, -0.25) is 4.79 Å². The molecule has 0 heterocycles. The molecule has 0 spiro atoms. The lowest BCUT2D eigenvalue weighted by Gasteiger charge is -2.14. The first-order chi connectivity index (χ1) is 6.94. The Morgan fingerprint density at radius 2 is 1.73 bits per heavy atom. The SMILES string of the molecule is O=C(Nc1ccccc1)C(F)(F)C(F)F. The van der Waals surface area contributed by atoms with Gasteiger partial charge in [0.1, 0.15) is 0 Å². The molecule has 0 aliphatic heterocycles.